The summed E-state index contributed by atoms with van der Waals surface area (Å²) in [5.74, 6) is 0.480. The van der Waals surface area contributed by atoms with E-state index in [0.717, 1.165) is 19.5 Å². The van der Waals surface area contributed by atoms with Crippen molar-refractivity contribution in [1.82, 2.24) is 9.47 Å². The molecule has 1 saturated carbocycles. The van der Waals surface area contributed by atoms with Crippen molar-refractivity contribution >= 4 is 0 Å². The van der Waals surface area contributed by atoms with E-state index in [1.807, 2.05) is 7.05 Å². The molecule has 0 radical (unpaired) electrons. The lowest BCUT2D eigenvalue weighted by Crippen LogP contribution is -2.29. The number of hydrogen-bond donors (Lipinski definition) is 1. The molecule has 1 fully saturated rings. The molecule has 0 aromatic carbocycles. The predicted molar refractivity (Wildman–Crippen MR) is 65.1 cm³/mol. The van der Waals surface area contributed by atoms with E-state index in [1.165, 1.54) is 18.4 Å². The zero-order chi connectivity index (χ0) is 11.5. The van der Waals surface area contributed by atoms with E-state index >= 15 is 0 Å². The monoisotopic (exact) mass is 222 g/mol. The lowest BCUT2D eigenvalue weighted by molar-refractivity contribution is 0.108. The van der Waals surface area contributed by atoms with Gasteiger partial charge in [0.25, 0.3) is 0 Å². The van der Waals surface area contributed by atoms with Crippen LogP contribution in [-0.2, 0) is 13.6 Å². The normalized spacial score (nSPS) is 25.5. The van der Waals surface area contributed by atoms with Crippen molar-refractivity contribution in [3.63, 3.8) is 0 Å². The summed E-state index contributed by atoms with van der Waals surface area (Å²) in [5.41, 5.74) is 1.34. The van der Waals surface area contributed by atoms with E-state index in [2.05, 4.69) is 35.0 Å². The van der Waals surface area contributed by atoms with Crippen molar-refractivity contribution in [2.24, 2.45) is 13.0 Å². The summed E-state index contributed by atoms with van der Waals surface area (Å²) in [6.07, 6.45) is 7.52. The van der Waals surface area contributed by atoms with Crippen LogP contribution in [0.2, 0.25) is 0 Å². The zero-order valence-electron chi connectivity index (χ0n) is 10.3. The Balaban J connectivity index is 1.82. The maximum Gasteiger partial charge on any atom is 0.0580 e. The maximum atomic E-state index is 9.78. The van der Waals surface area contributed by atoms with Crippen molar-refractivity contribution in [3.8, 4) is 0 Å². The van der Waals surface area contributed by atoms with Crippen LogP contribution < -0.4 is 0 Å². The first-order valence-electron chi connectivity index (χ1n) is 6.12. The van der Waals surface area contributed by atoms with Gasteiger partial charge in [0.15, 0.2) is 0 Å². The van der Waals surface area contributed by atoms with Crippen molar-refractivity contribution < 1.29 is 5.11 Å². The van der Waals surface area contributed by atoms with Gasteiger partial charge >= 0.3 is 0 Å². The first-order valence-corrected chi connectivity index (χ1v) is 6.12. The van der Waals surface area contributed by atoms with E-state index in [0.29, 0.717) is 5.92 Å². The molecule has 1 aromatic rings. The van der Waals surface area contributed by atoms with Gasteiger partial charge in [-0.25, -0.2) is 0 Å². The van der Waals surface area contributed by atoms with E-state index in [4.69, 9.17) is 0 Å². The SMILES string of the molecule is CN(Cc1ccn(C)c1)CC1CCCC1O. The molecule has 2 rings (SSSR count). The van der Waals surface area contributed by atoms with E-state index in [9.17, 15) is 5.11 Å². The molecule has 2 atom stereocenters. The third kappa shape index (κ3) is 2.86. The Kier molecular flexibility index (Phi) is 3.66. The van der Waals surface area contributed by atoms with Gasteiger partial charge in [0.05, 0.1) is 6.10 Å². The van der Waals surface area contributed by atoms with Crippen LogP contribution in [0.4, 0.5) is 0 Å². The first-order chi connectivity index (χ1) is 7.65. The molecule has 1 N–H and O–H groups in total. The van der Waals surface area contributed by atoms with Gasteiger partial charge < -0.3 is 14.6 Å². The number of aliphatic hydroxyl groups excluding tert-OH is 1. The second kappa shape index (κ2) is 5.02. The van der Waals surface area contributed by atoms with Crippen LogP contribution >= 0.6 is 0 Å². The zero-order valence-corrected chi connectivity index (χ0v) is 10.3. The topological polar surface area (TPSA) is 28.4 Å². The van der Waals surface area contributed by atoms with E-state index in [1.54, 1.807) is 0 Å². The van der Waals surface area contributed by atoms with Crippen LogP contribution in [0.25, 0.3) is 0 Å². The molecule has 1 aliphatic carbocycles. The van der Waals surface area contributed by atoms with Gasteiger partial charge in [-0.2, -0.15) is 0 Å². The molecule has 0 saturated heterocycles. The Morgan fingerprint density at radius 2 is 2.31 bits per heavy atom. The molecule has 0 spiro atoms. The van der Waals surface area contributed by atoms with Crippen LogP contribution in [0, 0.1) is 5.92 Å². The Morgan fingerprint density at radius 3 is 2.88 bits per heavy atom. The Labute approximate surface area is 97.7 Å². The van der Waals surface area contributed by atoms with E-state index < -0.39 is 0 Å². The van der Waals surface area contributed by atoms with Crippen LogP contribution in [0.3, 0.4) is 0 Å². The van der Waals surface area contributed by atoms with Crippen molar-refractivity contribution in [2.75, 3.05) is 13.6 Å². The molecule has 1 heterocycles. The van der Waals surface area contributed by atoms with Crippen molar-refractivity contribution in [3.05, 3.63) is 24.0 Å². The molecule has 1 aliphatic rings. The molecule has 3 nitrogen and oxygen atoms in total. The number of rotatable bonds is 4. The van der Waals surface area contributed by atoms with Crippen LogP contribution in [0.15, 0.2) is 18.5 Å². The standard InChI is InChI=1S/C13H22N2O/c1-14-7-6-11(8-14)9-15(2)10-12-4-3-5-13(12)16/h6-8,12-13,16H,3-5,9-10H2,1-2H3. The van der Waals surface area contributed by atoms with E-state index in [-0.39, 0.29) is 6.10 Å². The van der Waals surface area contributed by atoms with Gasteiger partial charge in [0.2, 0.25) is 0 Å². The summed E-state index contributed by atoms with van der Waals surface area (Å²) in [7, 11) is 4.18. The maximum absolute atomic E-state index is 9.78. The van der Waals surface area contributed by atoms with Gasteiger partial charge in [0, 0.05) is 32.5 Å². The van der Waals surface area contributed by atoms with Crippen LogP contribution in [-0.4, -0.2) is 34.3 Å². The van der Waals surface area contributed by atoms with Crippen LogP contribution in [0.1, 0.15) is 24.8 Å². The minimum atomic E-state index is -0.0711. The highest BCUT2D eigenvalue weighted by Gasteiger charge is 2.25. The summed E-state index contributed by atoms with van der Waals surface area (Å²) in [4.78, 5) is 2.31. The first kappa shape index (κ1) is 11.7. The quantitative estimate of drug-likeness (QED) is 0.838. The van der Waals surface area contributed by atoms with Gasteiger partial charge in [-0.1, -0.05) is 6.42 Å². The largest absolute Gasteiger partial charge is 0.393 e. The summed E-state index contributed by atoms with van der Waals surface area (Å²) in [5, 5.41) is 9.78. The number of aromatic nitrogens is 1. The van der Waals surface area contributed by atoms with Crippen molar-refractivity contribution in [2.45, 2.75) is 31.9 Å². The Morgan fingerprint density at radius 1 is 1.50 bits per heavy atom. The number of aryl methyl sites for hydroxylation is 1. The Bertz CT molecular complexity index is 334. The molecule has 16 heavy (non-hydrogen) atoms. The molecule has 2 unspecified atom stereocenters. The molecular formula is C13H22N2O. The third-order valence-electron chi connectivity index (χ3n) is 3.51. The number of nitrogens with zero attached hydrogens (tertiary/aromatic N) is 2. The van der Waals surface area contributed by atoms with Gasteiger partial charge in [0.1, 0.15) is 0 Å². The summed E-state index contributed by atoms with van der Waals surface area (Å²) >= 11 is 0. The smallest absolute Gasteiger partial charge is 0.0580 e. The molecule has 90 valence electrons. The molecule has 0 amide bonds. The number of aliphatic hydroxyl groups is 1. The Hall–Kier alpha value is -0.800. The fraction of sp³-hybridized carbons (Fsp3) is 0.692. The lowest BCUT2D eigenvalue weighted by Gasteiger charge is -2.22. The van der Waals surface area contributed by atoms with Gasteiger partial charge in [-0.3, -0.25) is 0 Å². The predicted octanol–water partition coefficient (Wildman–Crippen LogP) is 1.62. The molecule has 3 heteroatoms. The molecule has 0 aliphatic heterocycles. The minimum Gasteiger partial charge on any atom is -0.393 e. The highest BCUT2D eigenvalue weighted by atomic mass is 16.3. The van der Waals surface area contributed by atoms with Crippen LogP contribution in [0.5, 0.6) is 0 Å². The molecular weight excluding hydrogens is 200 g/mol. The summed E-state index contributed by atoms with van der Waals surface area (Å²) in [6.45, 7) is 1.99. The minimum absolute atomic E-state index is 0.0711. The highest BCUT2D eigenvalue weighted by molar-refractivity contribution is 5.09. The molecule has 0 bridgehead atoms. The van der Waals surface area contributed by atoms with Gasteiger partial charge in [-0.15, -0.1) is 0 Å². The summed E-state index contributed by atoms with van der Waals surface area (Å²) < 4.78 is 2.08. The molecule has 1 aromatic heterocycles. The van der Waals surface area contributed by atoms with Crippen molar-refractivity contribution in [1.29, 1.82) is 0 Å². The highest BCUT2D eigenvalue weighted by Crippen LogP contribution is 2.26. The average molecular weight is 222 g/mol. The second-order valence-corrected chi connectivity index (χ2v) is 5.14. The average Bonchev–Trinajstić information content (AvgIpc) is 2.77. The van der Waals surface area contributed by atoms with Gasteiger partial charge in [-0.05, 0) is 37.4 Å². The third-order valence-corrected chi connectivity index (χ3v) is 3.51. The lowest BCUT2D eigenvalue weighted by atomic mass is 10.1. The number of hydrogen-bond acceptors (Lipinski definition) is 2. The second-order valence-electron chi connectivity index (χ2n) is 5.14. The fourth-order valence-electron chi connectivity index (χ4n) is 2.66. The fourth-order valence-corrected chi connectivity index (χ4v) is 2.66. The summed E-state index contributed by atoms with van der Waals surface area (Å²) in [6, 6.07) is 2.15.